The van der Waals surface area contributed by atoms with E-state index in [-0.39, 0.29) is 6.04 Å². The third-order valence-electron chi connectivity index (χ3n) is 7.10. The Morgan fingerprint density at radius 1 is 1.04 bits per heavy atom. The monoisotopic (exact) mass is 387 g/mol. The van der Waals surface area contributed by atoms with E-state index in [1.165, 1.54) is 31.4 Å². The summed E-state index contributed by atoms with van der Waals surface area (Å²) in [6, 6.07) is 7.39. The minimum Gasteiger partial charge on any atom is -0.399 e. The number of piperidine rings is 3. The Balaban J connectivity index is 1.50. The van der Waals surface area contributed by atoms with Crippen LogP contribution in [0.2, 0.25) is 0 Å². The summed E-state index contributed by atoms with van der Waals surface area (Å²) in [5.74, 6) is 1.04. The van der Waals surface area contributed by atoms with Crippen LogP contribution < -0.4 is 5.73 Å². The summed E-state index contributed by atoms with van der Waals surface area (Å²) in [4.78, 5) is 3.02. The Labute approximate surface area is 162 Å². The van der Waals surface area contributed by atoms with Crippen LogP contribution >= 0.6 is 0 Å². The number of nitrogen functional groups attached to an aromatic ring is 1. The van der Waals surface area contributed by atoms with Gasteiger partial charge in [-0.15, -0.1) is 0 Å². The fourth-order valence-electron chi connectivity index (χ4n) is 5.97. The predicted molar refractivity (Wildman–Crippen MR) is 107 cm³/mol. The third kappa shape index (κ3) is 2.93. The van der Waals surface area contributed by atoms with Gasteiger partial charge in [0.15, 0.2) is 0 Å². The highest BCUT2D eigenvalue weighted by Gasteiger charge is 2.48. The molecule has 1 aromatic carbocycles. The molecule has 146 valence electrons. The van der Waals surface area contributed by atoms with Gasteiger partial charge in [0.05, 0.1) is 10.9 Å². The molecule has 0 aromatic heterocycles. The SMILES string of the molecule is Nc1ccc(S(=O)(=O)N2CCCC3=C[C@H]4C[C@H](CN5CCCC[C@H]45)[C@@H]32)cc1. The molecule has 2 bridgehead atoms. The van der Waals surface area contributed by atoms with Gasteiger partial charge in [0.1, 0.15) is 0 Å². The van der Waals surface area contributed by atoms with Gasteiger partial charge < -0.3 is 5.73 Å². The molecule has 3 aliphatic heterocycles. The quantitative estimate of drug-likeness (QED) is 0.626. The molecule has 0 spiro atoms. The number of benzene rings is 1. The second kappa shape index (κ2) is 6.61. The van der Waals surface area contributed by atoms with Crippen LogP contribution in [0.1, 0.15) is 38.5 Å². The molecule has 4 aliphatic rings. The molecule has 1 aromatic rings. The molecule has 2 N–H and O–H groups in total. The number of rotatable bonds is 2. The van der Waals surface area contributed by atoms with Gasteiger partial charge in [0, 0.05) is 24.8 Å². The fraction of sp³-hybridized carbons (Fsp3) is 0.619. The van der Waals surface area contributed by atoms with Gasteiger partial charge in [0.2, 0.25) is 10.0 Å². The van der Waals surface area contributed by atoms with Gasteiger partial charge in [-0.25, -0.2) is 8.42 Å². The summed E-state index contributed by atoms with van der Waals surface area (Å²) >= 11 is 0. The molecule has 5 rings (SSSR count). The van der Waals surface area contributed by atoms with E-state index in [0.29, 0.717) is 35.0 Å². The van der Waals surface area contributed by atoms with Gasteiger partial charge >= 0.3 is 0 Å². The van der Waals surface area contributed by atoms with Gasteiger partial charge in [-0.3, -0.25) is 4.90 Å². The van der Waals surface area contributed by atoms with E-state index in [9.17, 15) is 8.42 Å². The normalized spacial score (nSPS) is 34.4. The van der Waals surface area contributed by atoms with Crippen LogP contribution in [0.4, 0.5) is 5.69 Å². The number of nitrogens with two attached hydrogens (primary N) is 1. The Kier molecular flexibility index (Phi) is 4.33. The van der Waals surface area contributed by atoms with E-state index in [1.54, 1.807) is 28.6 Å². The summed E-state index contributed by atoms with van der Waals surface area (Å²) < 4.78 is 28.7. The maximum atomic E-state index is 13.4. The number of anilines is 1. The molecule has 0 amide bonds. The Hall–Kier alpha value is -1.37. The summed E-state index contributed by atoms with van der Waals surface area (Å²) in [5, 5.41) is 0. The van der Waals surface area contributed by atoms with Crippen molar-refractivity contribution >= 4 is 15.7 Å². The second-order valence-electron chi connectivity index (χ2n) is 8.69. The molecule has 3 heterocycles. The van der Waals surface area contributed by atoms with Crippen LogP contribution in [0.15, 0.2) is 40.8 Å². The standard InChI is InChI=1S/C21H29N3O2S/c22-18-6-8-19(9-7-18)27(25,26)24-11-3-4-15-12-16-13-17(21(15)24)14-23-10-2-1-5-20(16)23/h6-9,12,16-17,20-21H,1-5,10-11,13-14,22H2/t16-,17+,20+,21+/m0/s1. The lowest BCUT2D eigenvalue weighted by atomic mass is 9.68. The van der Waals surface area contributed by atoms with Crippen molar-refractivity contribution in [2.45, 2.75) is 55.5 Å². The van der Waals surface area contributed by atoms with Crippen LogP contribution in [0.3, 0.4) is 0 Å². The first kappa shape index (κ1) is 17.7. The maximum Gasteiger partial charge on any atom is 0.243 e. The van der Waals surface area contributed by atoms with Crippen molar-refractivity contribution in [2.75, 3.05) is 25.4 Å². The topological polar surface area (TPSA) is 66.6 Å². The molecular weight excluding hydrogens is 358 g/mol. The largest absolute Gasteiger partial charge is 0.399 e. The average molecular weight is 388 g/mol. The third-order valence-corrected chi connectivity index (χ3v) is 8.99. The smallest absolute Gasteiger partial charge is 0.243 e. The van der Waals surface area contributed by atoms with Crippen molar-refractivity contribution in [2.24, 2.45) is 11.8 Å². The maximum absolute atomic E-state index is 13.4. The Bertz CT molecular complexity index is 849. The first-order valence-corrected chi connectivity index (χ1v) is 11.8. The van der Waals surface area contributed by atoms with E-state index >= 15 is 0 Å². The molecule has 0 radical (unpaired) electrons. The molecule has 0 saturated carbocycles. The molecule has 5 nitrogen and oxygen atoms in total. The van der Waals surface area contributed by atoms with E-state index in [0.717, 1.165) is 25.8 Å². The lowest BCUT2D eigenvalue weighted by Crippen LogP contribution is -2.59. The molecular formula is C21H29N3O2S. The van der Waals surface area contributed by atoms with Crippen LogP contribution in [0.25, 0.3) is 0 Å². The van der Waals surface area contributed by atoms with Crippen molar-refractivity contribution in [1.82, 2.24) is 9.21 Å². The Morgan fingerprint density at radius 2 is 1.85 bits per heavy atom. The Morgan fingerprint density at radius 3 is 2.67 bits per heavy atom. The molecule has 6 heteroatoms. The van der Waals surface area contributed by atoms with Crippen molar-refractivity contribution in [3.63, 3.8) is 0 Å². The van der Waals surface area contributed by atoms with E-state index < -0.39 is 10.0 Å². The molecule has 27 heavy (non-hydrogen) atoms. The zero-order chi connectivity index (χ0) is 18.6. The van der Waals surface area contributed by atoms with Crippen molar-refractivity contribution in [3.8, 4) is 0 Å². The zero-order valence-electron chi connectivity index (χ0n) is 15.8. The van der Waals surface area contributed by atoms with E-state index in [2.05, 4.69) is 11.0 Å². The lowest BCUT2D eigenvalue weighted by Gasteiger charge is -2.54. The van der Waals surface area contributed by atoms with Crippen LogP contribution in [-0.4, -0.2) is 49.3 Å². The van der Waals surface area contributed by atoms with Gasteiger partial charge in [-0.2, -0.15) is 4.31 Å². The first-order chi connectivity index (χ1) is 13.0. The first-order valence-electron chi connectivity index (χ1n) is 10.4. The summed E-state index contributed by atoms with van der Waals surface area (Å²) in [7, 11) is -3.50. The number of hydrogen-bond donors (Lipinski definition) is 1. The number of fused-ring (bicyclic) bond motifs is 6. The van der Waals surface area contributed by atoms with Crippen LogP contribution in [-0.2, 0) is 10.0 Å². The van der Waals surface area contributed by atoms with Crippen molar-refractivity contribution in [1.29, 1.82) is 0 Å². The van der Waals surface area contributed by atoms with Gasteiger partial charge in [-0.1, -0.05) is 18.1 Å². The summed E-state index contributed by atoms with van der Waals surface area (Å²) in [6.07, 6.45) is 9.51. The molecule has 0 unspecified atom stereocenters. The van der Waals surface area contributed by atoms with Gasteiger partial charge in [0.25, 0.3) is 0 Å². The zero-order valence-corrected chi connectivity index (χ0v) is 16.6. The lowest BCUT2D eigenvalue weighted by molar-refractivity contribution is 0.0149. The molecule has 1 aliphatic carbocycles. The number of sulfonamides is 1. The number of nitrogens with zero attached hydrogens (tertiary/aromatic N) is 2. The minimum absolute atomic E-state index is 0.0421. The average Bonchev–Trinajstić information content (AvgIpc) is 2.68. The molecule has 3 saturated heterocycles. The van der Waals surface area contributed by atoms with E-state index in [4.69, 9.17) is 5.73 Å². The van der Waals surface area contributed by atoms with E-state index in [1.807, 2.05) is 0 Å². The highest BCUT2D eigenvalue weighted by molar-refractivity contribution is 7.89. The van der Waals surface area contributed by atoms with Crippen molar-refractivity contribution < 1.29 is 8.42 Å². The highest BCUT2D eigenvalue weighted by Crippen LogP contribution is 2.46. The molecule has 3 fully saturated rings. The minimum atomic E-state index is -3.50. The van der Waals surface area contributed by atoms with Crippen LogP contribution in [0, 0.1) is 11.8 Å². The van der Waals surface area contributed by atoms with Crippen LogP contribution in [0.5, 0.6) is 0 Å². The summed E-state index contributed by atoms with van der Waals surface area (Å²) in [5.41, 5.74) is 7.74. The van der Waals surface area contributed by atoms with Crippen molar-refractivity contribution in [3.05, 3.63) is 35.9 Å². The number of hydrogen-bond acceptors (Lipinski definition) is 4. The fourth-order valence-corrected chi connectivity index (χ4v) is 7.70. The second-order valence-corrected chi connectivity index (χ2v) is 10.6. The van der Waals surface area contributed by atoms with Gasteiger partial charge in [-0.05, 0) is 74.8 Å². The summed E-state index contributed by atoms with van der Waals surface area (Å²) in [6.45, 7) is 2.86. The highest BCUT2D eigenvalue weighted by atomic mass is 32.2. The predicted octanol–water partition coefficient (Wildman–Crippen LogP) is 2.85. The molecule has 4 atom stereocenters.